The van der Waals surface area contributed by atoms with Crippen molar-refractivity contribution in [2.75, 3.05) is 0 Å². The van der Waals surface area contributed by atoms with Crippen molar-refractivity contribution >= 4 is 0 Å². The molecule has 0 radical (unpaired) electrons. The Bertz CT molecular complexity index is 1040. The molecule has 0 heterocycles. The zero-order valence-electron chi connectivity index (χ0n) is 13.7. The Balaban J connectivity index is 1.69. The van der Waals surface area contributed by atoms with Crippen LogP contribution < -0.4 is 0 Å². The van der Waals surface area contributed by atoms with Crippen LogP contribution in [0.1, 0.15) is 13.3 Å². The highest BCUT2D eigenvalue weighted by Gasteiger charge is 2.71. The molecule has 0 aromatic rings. The van der Waals surface area contributed by atoms with Gasteiger partial charge in [0, 0.05) is 22.2 Å². The number of hydrogen-bond donors (Lipinski definition) is 0. The molecule has 114 valence electrons. The fourth-order valence-electron chi connectivity index (χ4n) is 6.92. The van der Waals surface area contributed by atoms with Crippen LogP contribution in [0.25, 0.3) is 0 Å². The maximum Gasteiger partial charge on any atom is 0.0352 e. The second-order valence-electron chi connectivity index (χ2n) is 8.41. The molecule has 0 nitrogen and oxygen atoms in total. The first-order valence-corrected chi connectivity index (χ1v) is 9.05. The van der Waals surface area contributed by atoms with E-state index in [1.165, 1.54) is 28.7 Å². The Morgan fingerprint density at radius 3 is 2.42 bits per heavy atom. The smallest absolute Gasteiger partial charge is 0.0352 e. The zero-order valence-corrected chi connectivity index (χ0v) is 13.7. The lowest BCUT2D eigenvalue weighted by Gasteiger charge is -2.43. The van der Waals surface area contributed by atoms with Gasteiger partial charge in [0.2, 0.25) is 0 Å². The quantitative estimate of drug-likeness (QED) is 0.570. The van der Waals surface area contributed by atoms with Crippen molar-refractivity contribution in [3.05, 3.63) is 106 Å². The minimum atomic E-state index is 0.0913. The van der Waals surface area contributed by atoms with Gasteiger partial charge in [-0.25, -0.2) is 0 Å². The van der Waals surface area contributed by atoms with E-state index in [1.807, 2.05) is 0 Å². The van der Waals surface area contributed by atoms with E-state index in [1.54, 1.807) is 11.1 Å². The monoisotopic (exact) mass is 306 g/mol. The second-order valence-corrected chi connectivity index (χ2v) is 8.41. The minimum Gasteiger partial charge on any atom is -0.0761 e. The van der Waals surface area contributed by atoms with Crippen LogP contribution in [0.4, 0.5) is 0 Å². The first kappa shape index (κ1) is 12.1. The van der Waals surface area contributed by atoms with E-state index in [-0.39, 0.29) is 16.2 Å². The molecule has 0 aliphatic heterocycles. The molecule has 0 fully saturated rings. The van der Waals surface area contributed by atoms with Gasteiger partial charge in [0.25, 0.3) is 0 Å². The number of rotatable bonds is 0. The normalized spacial score (nSPS) is 46.6. The minimum absolute atomic E-state index is 0.0913. The van der Waals surface area contributed by atoms with Gasteiger partial charge in [-0.15, -0.1) is 0 Å². The van der Waals surface area contributed by atoms with Crippen LogP contribution in [-0.2, 0) is 0 Å². The van der Waals surface area contributed by atoms with Crippen LogP contribution in [0, 0.1) is 22.2 Å². The van der Waals surface area contributed by atoms with Crippen molar-refractivity contribution in [3.63, 3.8) is 0 Å². The molecular weight excluding hydrogens is 288 g/mol. The Kier molecular flexibility index (Phi) is 1.63. The summed E-state index contributed by atoms with van der Waals surface area (Å²) >= 11 is 0. The van der Waals surface area contributed by atoms with E-state index in [0.717, 1.165) is 0 Å². The third kappa shape index (κ3) is 0.871. The van der Waals surface area contributed by atoms with E-state index in [2.05, 4.69) is 79.8 Å². The first-order chi connectivity index (χ1) is 11.7. The lowest BCUT2D eigenvalue weighted by atomic mass is 9.57. The number of allylic oxidation sites excluding steroid dienone is 18. The molecule has 7 aliphatic carbocycles. The van der Waals surface area contributed by atoms with Gasteiger partial charge in [-0.2, -0.15) is 0 Å². The summed E-state index contributed by atoms with van der Waals surface area (Å²) in [6.45, 7) is 2.49. The van der Waals surface area contributed by atoms with Gasteiger partial charge in [-0.1, -0.05) is 79.8 Å². The fraction of sp³-hybridized carbons (Fsp3) is 0.250. The van der Waals surface area contributed by atoms with Crippen LogP contribution in [-0.4, -0.2) is 0 Å². The molecule has 0 saturated heterocycles. The predicted octanol–water partition coefficient (Wildman–Crippen LogP) is 5.29. The lowest BCUT2D eigenvalue weighted by Crippen LogP contribution is -2.38. The van der Waals surface area contributed by atoms with Crippen molar-refractivity contribution in [1.29, 1.82) is 0 Å². The molecule has 0 N–H and O–H groups in total. The molecule has 24 heavy (non-hydrogen) atoms. The summed E-state index contributed by atoms with van der Waals surface area (Å²) in [4.78, 5) is 0. The van der Waals surface area contributed by atoms with Crippen LogP contribution in [0.2, 0.25) is 0 Å². The average molecular weight is 306 g/mol. The molecule has 7 aliphatic rings. The van der Waals surface area contributed by atoms with Crippen LogP contribution in [0.3, 0.4) is 0 Å². The molecule has 0 saturated carbocycles. The SMILES string of the molecule is CC12C3=CC4=CC=C5C=CC6C=CC7=C(C=C1C=CC=C3)C42CC576. The number of hydrogen-bond acceptors (Lipinski definition) is 0. The van der Waals surface area contributed by atoms with Crippen LogP contribution in [0.5, 0.6) is 0 Å². The van der Waals surface area contributed by atoms with Gasteiger partial charge in [0.15, 0.2) is 0 Å². The van der Waals surface area contributed by atoms with Crippen LogP contribution in [0.15, 0.2) is 106 Å². The van der Waals surface area contributed by atoms with Gasteiger partial charge in [0.1, 0.15) is 0 Å². The summed E-state index contributed by atoms with van der Waals surface area (Å²) < 4.78 is 0. The van der Waals surface area contributed by atoms with Crippen LogP contribution >= 0.6 is 0 Å². The fourth-order valence-corrected chi connectivity index (χ4v) is 6.92. The first-order valence-electron chi connectivity index (χ1n) is 9.05. The standard InChI is InChI=1S/C24H18/c1-22-17-4-2-3-5-18(22)13-21-20-11-10-16-7-6-15-8-9-19(12-17)24(21,22)14-23(15,16)20/h2-13,16H,14H2,1H3. The third-order valence-corrected chi connectivity index (χ3v) is 8.03. The summed E-state index contributed by atoms with van der Waals surface area (Å²) in [5.41, 5.74) is 9.67. The molecule has 0 aromatic carbocycles. The molecule has 0 aromatic heterocycles. The summed E-state index contributed by atoms with van der Waals surface area (Å²) in [7, 11) is 0. The van der Waals surface area contributed by atoms with Gasteiger partial charge < -0.3 is 0 Å². The van der Waals surface area contributed by atoms with E-state index in [4.69, 9.17) is 0 Å². The molecule has 7 rings (SSSR count). The van der Waals surface area contributed by atoms with Gasteiger partial charge in [-0.3, -0.25) is 0 Å². The van der Waals surface area contributed by atoms with Gasteiger partial charge >= 0.3 is 0 Å². The van der Waals surface area contributed by atoms with Crippen molar-refractivity contribution < 1.29 is 0 Å². The summed E-state index contributed by atoms with van der Waals surface area (Å²) in [6.07, 6.45) is 29.9. The molecule has 4 atom stereocenters. The van der Waals surface area contributed by atoms with E-state index in [9.17, 15) is 0 Å². The highest BCUT2D eigenvalue weighted by atomic mass is 14.7. The Hall–Kier alpha value is -2.34. The van der Waals surface area contributed by atoms with Crippen molar-refractivity contribution in [2.24, 2.45) is 22.2 Å². The Morgan fingerprint density at radius 1 is 0.792 bits per heavy atom. The largest absolute Gasteiger partial charge is 0.0761 e. The van der Waals surface area contributed by atoms with E-state index in [0.29, 0.717) is 5.92 Å². The van der Waals surface area contributed by atoms with Crippen molar-refractivity contribution in [2.45, 2.75) is 13.3 Å². The topological polar surface area (TPSA) is 0 Å². The second kappa shape index (κ2) is 3.24. The summed E-state index contributed by atoms with van der Waals surface area (Å²) in [5, 5.41) is 0. The molecule has 0 amide bonds. The van der Waals surface area contributed by atoms with Gasteiger partial charge in [-0.05, 0) is 39.9 Å². The lowest BCUT2D eigenvalue weighted by molar-refractivity contribution is 0.210. The summed E-state index contributed by atoms with van der Waals surface area (Å²) in [5.74, 6) is 0.556. The highest BCUT2D eigenvalue weighted by molar-refractivity contribution is 5.77. The molecule has 2 bridgehead atoms. The van der Waals surface area contributed by atoms with Crippen molar-refractivity contribution in [3.8, 4) is 0 Å². The maximum atomic E-state index is 2.53. The zero-order chi connectivity index (χ0) is 15.7. The maximum absolute atomic E-state index is 2.53. The van der Waals surface area contributed by atoms with Gasteiger partial charge in [0.05, 0.1) is 0 Å². The molecular formula is C24H18. The van der Waals surface area contributed by atoms with E-state index >= 15 is 0 Å². The Labute approximate surface area is 142 Å². The molecule has 0 heteroatoms. The molecule has 2 spiro atoms. The van der Waals surface area contributed by atoms with E-state index < -0.39 is 0 Å². The molecule has 4 unspecified atom stereocenters. The average Bonchev–Trinajstić information content (AvgIpc) is 3.20. The predicted molar refractivity (Wildman–Crippen MR) is 97.0 cm³/mol. The summed E-state index contributed by atoms with van der Waals surface area (Å²) in [6, 6.07) is 0. The highest BCUT2D eigenvalue weighted by Crippen LogP contribution is 2.80. The third-order valence-electron chi connectivity index (χ3n) is 8.03. The Morgan fingerprint density at radius 2 is 1.54 bits per heavy atom. The van der Waals surface area contributed by atoms with Crippen molar-refractivity contribution in [1.82, 2.24) is 0 Å².